The predicted molar refractivity (Wildman–Crippen MR) is 63.4 cm³/mol. The standard InChI is InChI=1S/C10H17ClN4/c1-8-7-13-10(11)14-9(8)12-5-4-6-15(2)3/h7H,4-6H2,1-3H3,(H,12,13,14). The van der Waals surface area contributed by atoms with Crippen molar-refractivity contribution in [2.45, 2.75) is 13.3 Å². The van der Waals surface area contributed by atoms with E-state index >= 15 is 0 Å². The largest absolute Gasteiger partial charge is 0.370 e. The zero-order chi connectivity index (χ0) is 11.3. The Labute approximate surface area is 95.7 Å². The maximum absolute atomic E-state index is 5.71. The molecule has 1 rings (SSSR count). The SMILES string of the molecule is Cc1cnc(Cl)nc1NCCCN(C)C. The summed E-state index contributed by atoms with van der Waals surface area (Å²) < 4.78 is 0. The van der Waals surface area contributed by atoms with Gasteiger partial charge in [-0.1, -0.05) is 0 Å². The first-order valence-corrected chi connectivity index (χ1v) is 5.35. The van der Waals surface area contributed by atoms with Crippen LogP contribution in [0.4, 0.5) is 5.82 Å². The Hall–Kier alpha value is -0.870. The van der Waals surface area contributed by atoms with Crippen molar-refractivity contribution in [2.75, 3.05) is 32.5 Å². The van der Waals surface area contributed by atoms with E-state index in [1.54, 1.807) is 6.20 Å². The van der Waals surface area contributed by atoms with Crippen LogP contribution in [0.2, 0.25) is 5.28 Å². The molecule has 15 heavy (non-hydrogen) atoms. The summed E-state index contributed by atoms with van der Waals surface area (Å²) in [6, 6.07) is 0. The van der Waals surface area contributed by atoms with Gasteiger partial charge in [0, 0.05) is 18.3 Å². The van der Waals surface area contributed by atoms with Crippen LogP contribution in [0.15, 0.2) is 6.20 Å². The van der Waals surface area contributed by atoms with Crippen LogP contribution >= 0.6 is 11.6 Å². The number of anilines is 1. The maximum Gasteiger partial charge on any atom is 0.224 e. The van der Waals surface area contributed by atoms with Crippen LogP contribution in [0.3, 0.4) is 0 Å². The smallest absolute Gasteiger partial charge is 0.224 e. The Balaban J connectivity index is 2.40. The molecule has 0 aromatic carbocycles. The van der Waals surface area contributed by atoms with E-state index < -0.39 is 0 Å². The van der Waals surface area contributed by atoms with Crippen molar-refractivity contribution in [3.05, 3.63) is 17.0 Å². The Morgan fingerprint density at radius 2 is 2.20 bits per heavy atom. The second-order valence-electron chi connectivity index (χ2n) is 3.75. The summed E-state index contributed by atoms with van der Waals surface area (Å²) in [5, 5.41) is 3.53. The van der Waals surface area contributed by atoms with Gasteiger partial charge in [-0.05, 0) is 45.6 Å². The minimum Gasteiger partial charge on any atom is -0.370 e. The Morgan fingerprint density at radius 3 is 2.87 bits per heavy atom. The van der Waals surface area contributed by atoms with Gasteiger partial charge in [0.05, 0.1) is 0 Å². The second kappa shape index (κ2) is 5.88. The van der Waals surface area contributed by atoms with Gasteiger partial charge in [0.2, 0.25) is 5.28 Å². The van der Waals surface area contributed by atoms with Crippen molar-refractivity contribution in [3.8, 4) is 0 Å². The van der Waals surface area contributed by atoms with E-state index in [9.17, 15) is 0 Å². The van der Waals surface area contributed by atoms with Crippen LogP contribution in [0.5, 0.6) is 0 Å². The van der Waals surface area contributed by atoms with Gasteiger partial charge in [0.1, 0.15) is 5.82 Å². The van der Waals surface area contributed by atoms with Crippen molar-refractivity contribution in [1.82, 2.24) is 14.9 Å². The molecule has 5 heteroatoms. The zero-order valence-corrected chi connectivity index (χ0v) is 10.2. The first-order valence-electron chi connectivity index (χ1n) is 4.97. The number of aromatic nitrogens is 2. The number of hydrogen-bond donors (Lipinski definition) is 1. The van der Waals surface area contributed by atoms with Gasteiger partial charge in [-0.25, -0.2) is 9.97 Å². The summed E-state index contributed by atoms with van der Waals surface area (Å²) in [5.41, 5.74) is 1.02. The summed E-state index contributed by atoms with van der Waals surface area (Å²) in [6.45, 7) is 3.92. The lowest BCUT2D eigenvalue weighted by atomic mass is 10.3. The highest BCUT2D eigenvalue weighted by molar-refractivity contribution is 6.28. The number of nitrogens with zero attached hydrogens (tertiary/aromatic N) is 3. The summed E-state index contributed by atoms with van der Waals surface area (Å²) in [7, 11) is 4.12. The van der Waals surface area contributed by atoms with Gasteiger partial charge in [-0.15, -0.1) is 0 Å². The molecule has 0 fully saturated rings. The van der Waals surface area contributed by atoms with E-state index in [0.717, 1.165) is 30.9 Å². The average Bonchev–Trinajstić information content (AvgIpc) is 2.17. The van der Waals surface area contributed by atoms with Crippen molar-refractivity contribution in [2.24, 2.45) is 0 Å². The summed E-state index contributed by atoms with van der Waals surface area (Å²) in [5.74, 6) is 0.828. The third kappa shape index (κ3) is 4.44. The van der Waals surface area contributed by atoms with Crippen molar-refractivity contribution >= 4 is 17.4 Å². The normalized spacial score (nSPS) is 10.7. The van der Waals surface area contributed by atoms with Gasteiger partial charge in [-0.3, -0.25) is 0 Å². The monoisotopic (exact) mass is 228 g/mol. The van der Waals surface area contributed by atoms with Crippen LogP contribution < -0.4 is 5.32 Å². The fourth-order valence-corrected chi connectivity index (χ4v) is 1.33. The van der Waals surface area contributed by atoms with Crippen LogP contribution in [0.25, 0.3) is 0 Å². The van der Waals surface area contributed by atoms with Crippen LogP contribution in [0, 0.1) is 6.92 Å². The third-order valence-corrected chi connectivity index (χ3v) is 2.20. The number of hydrogen-bond acceptors (Lipinski definition) is 4. The Kier molecular flexibility index (Phi) is 4.78. The molecular weight excluding hydrogens is 212 g/mol. The first kappa shape index (κ1) is 12.2. The summed E-state index contributed by atoms with van der Waals surface area (Å²) >= 11 is 5.71. The number of rotatable bonds is 5. The van der Waals surface area contributed by atoms with Gasteiger partial charge in [0.25, 0.3) is 0 Å². The van der Waals surface area contributed by atoms with Crippen LogP contribution in [0.1, 0.15) is 12.0 Å². The molecule has 0 bridgehead atoms. The van der Waals surface area contributed by atoms with E-state index in [4.69, 9.17) is 11.6 Å². The van der Waals surface area contributed by atoms with Crippen LogP contribution in [-0.2, 0) is 0 Å². The first-order chi connectivity index (χ1) is 7.09. The molecule has 0 saturated heterocycles. The molecule has 0 atom stereocenters. The molecule has 0 aliphatic rings. The molecule has 0 radical (unpaired) electrons. The molecule has 0 aliphatic carbocycles. The third-order valence-electron chi connectivity index (χ3n) is 2.02. The molecule has 1 N–H and O–H groups in total. The summed E-state index contributed by atoms with van der Waals surface area (Å²) in [4.78, 5) is 10.2. The molecule has 1 aromatic rings. The minimum atomic E-state index is 0.288. The molecule has 0 unspecified atom stereocenters. The van der Waals surface area contributed by atoms with E-state index in [1.807, 2.05) is 6.92 Å². The lowest BCUT2D eigenvalue weighted by molar-refractivity contribution is 0.405. The predicted octanol–water partition coefficient (Wildman–Crippen LogP) is 1.80. The molecule has 4 nitrogen and oxygen atoms in total. The van der Waals surface area contributed by atoms with E-state index in [0.29, 0.717) is 0 Å². The highest BCUT2D eigenvalue weighted by Gasteiger charge is 2.01. The number of nitrogens with one attached hydrogen (secondary N) is 1. The van der Waals surface area contributed by atoms with Crippen molar-refractivity contribution in [3.63, 3.8) is 0 Å². The van der Waals surface area contributed by atoms with Gasteiger partial charge < -0.3 is 10.2 Å². The van der Waals surface area contributed by atoms with E-state index in [1.165, 1.54) is 0 Å². The lowest BCUT2D eigenvalue weighted by Gasteiger charge is -2.11. The second-order valence-corrected chi connectivity index (χ2v) is 4.09. The number of halogens is 1. The molecule has 0 spiro atoms. The molecule has 1 heterocycles. The average molecular weight is 229 g/mol. The molecule has 0 amide bonds. The minimum absolute atomic E-state index is 0.288. The maximum atomic E-state index is 5.71. The Morgan fingerprint density at radius 1 is 1.47 bits per heavy atom. The topological polar surface area (TPSA) is 41.1 Å². The molecular formula is C10H17ClN4. The van der Waals surface area contributed by atoms with E-state index in [-0.39, 0.29) is 5.28 Å². The van der Waals surface area contributed by atoms with Crippen LogP contribution in [-0.4, -0.2) is 42.1 Å². The fourth-order valence-electron chi connectivity index (χ4n) is 1.20. The van der Waals surface area contributed by atoms with Gasteiger partial charge in [0.15, 0.2) is 0 Å². The van der Waals surface area contributed by atoms with Crippen molar-refractivity contribution in [1.29, 1.82) is 0 Å². The van der Waals surface area contributed by atoms with Crippen molar-refractivity contribution < 1.29 is 0 Å². The highest BCUT2D eigenvalue weighted by Crippen LogP contribution is 2.12. The van der Waals surface area contributed by atoms with E-state index in [2.05, 4.69) is 34.3 Å². The molecule has 0 saturated carbocycles. The van der Waals surface area contributed by atoms with Gasteiger partial charge in [-0.2, -0.15) is 0 Å². The summed E-state index contributed by atoms with van der Waals surface area (Å²) in [6.07, 6.45) is 2.80. The fraction of sp³-hybridized carbons (Fsp3) is 0.600. The Bertz CT molecular complexity index is 314. The quantitative estimate of drug-likeness (QED) is 0.617. The zero-order valence-electron chi connectivity index (χ0n) is 9.42. The molecule has 1 aromatic heterocycles. The lowest BCUT2D eigenvalue weighted by Crippen LogP contribution is -2.17. The highest BCUT2D eigenvalue weighted by atomic mass is 35.5. The molecule has 84 valence electrons. The number of aryl methyl sites for hydroxylation is 1. The molecule has 0 aliphatic heterocycles. The van der Waals surface area contributed by atoms with Gasteiger partial charge >= 0.3 is 0 Å².